The number of piperidine rings is 1. The molecule has 1 atom stereocenters. The second-order valence-corrected chi connectivity index (χ2v) is 6.75. The summed E-state index contributed by atoms with van der Waals surface area (Å²) in [6.45, 7) is 4.93. The summed E-state index contributed by atoms with van der Waals surface area (Å²) in [5.74, 6) is -0.118. The molecule has 128 valence electrons. The zero-order valence-corrected chi connectivity index (χ0v) is 14.6. The van der Waals surface area contributed by atoms with Crippen LogP contribution in [0.4, 0.5) is 0 Å². The number of carbonyl (C=O) groups excluding carboxylic acids is 1. The van der Waals surface area contributed by atoms with E-state index in [9.17, 15) is 4.79 Å². The van der Waals surface area contributed by atoms with E-state index < -0.39 is 0 Å². The van der Waals surface area contributed by atoms with Crippen molar-refractivity contribution in [3.05, 3.63) is 41.0 Å². The summed E-state index contributed by atoms with van der Waals surface area (Å²) in [6, 6.07) is 9.77. The van der Waals surface area contributed by atoms with Crippen LogP contribution in [0.25, 0.3) is 11.3 Å². The van der Waals surface area contributed by atoms with Gasteiger partial charge in [-0.1, -0.05) is 30.2 Å². The number of benzene rings is 1. The Morgan fingerprint density at radius 2 is 2.17 bits per heavy atom. The van der Waals surface area contributed by atoms with Crippen molar-refractivity contribution in [3.8, 4) is 11.3 Å². The van der Waals surface area contributed by atoms with Crippen molar-refractivity contribution >= 4 is 17.5 Å². The number of carbonyl (C=O) groups is 1. The van der Waals surface area contributed by atoms with Crippen LogP contribution in [0.1, 0.15) is 36.7 Å². The van der Waals surface area contributed by atoms with Crippen LogP contribution in [0, 0.1) is 0 Å². The van der Waals surface area contributed by atoms with Gasteiger partial charge in [-0.3, -0.25) is 14.8 Å². The molecule has 2 heterocycles. The van der Waals surface area contributed by atoms with Crippen LogP contribution in [-0.2, 0) is 0 Å². The van der Waals surface area contributed by atoms with Crippen molar-refractivity contribution in [3.63, 3.8) is 0 Å². The SMILES string of the molecule is CC1CCCCN1CCNC(=O)c1cc(-c2ccc(Cl)cc2)n[nH]1. The number of hydrogen-bond donors (Lipinski definition) is 2. The molecule has 0 aliphatic carbocycles. The van der Waals surface area contributed by atoms with Gasteiger partial charge in [0, 0.05) is 29.7 Å². The fraction of sp³-hybridized carbons (Fsp3) is 0.444. The van der Waals surface area contributed by atoms with E-state index in [1.165, 1.54) is 19.3 Å². The molecule has 1 aliphatic rings. The number of halogens is 1. The first kappa shape index (κ1) is 17.0. The van der Waals surface area contributed by atoms with Gasteiger partial charge in [-0.2, -0.15) is 5.10 Å². The second-order valence-electron chi connectivity index (χ2n) is 6.31. The molecule has 0 saturated carbocycles. The monoisotopic (exact) mass is 346 g/mol. The molecule has 1 fully saturated rings. The van der Waals surface area contributed by atoms with Crippen LogP contribution < -0.4 is 5.32 Å². The maximum Gasteiger partial charge on any atom is 0.269 e. The number of nitrogens with zero attached hydrogens (tertiary/aromatic N) is 2. The van der Waals surface area contributed by atoms with E-state index in [-0.39, 0.29) is 5.91 Å². The van der Waals surface area contributed by atoms with Crippen LogP contribution in [0.15, 0.2) is 30.3 Å². The first-order chi connectivity index (χ1) is 11.6. The Morgan fingerprint density at radius 1 is 1.38 bits per heavy atom. The van der Waals surface area contributed by atoms with E-state index in [1.807, 2.05) is 24.3 Å². The Labute approximate surface area is 147 Å². The molecule has 0 radical (unpaired) electrons. The predicted molar refractivity (Wildman–Crippen MR) is 96.3 cm³/mol. The van der Waals surface area contributed by atoms with Crippen molar-refractivity contribution in [1.82, 2.24) is 20.4 Å². The highest BCUT2D eigenvalue weighted by Gasteiger charge is 2.18. The van der Waals surface area contributed by atoms with Crippen molar-refractivity contribution in [2.24, 2.45) is 0 Å². The minimum Gasteiger partial charge on any atom is -0.349 e. The molecule has 0 spiro atoms. The normalized spacial score (nSPS) is 18.5. The van der Waals surface area contributed by atoms with Gasteiger partial charge < -0.3 is 5.32 Å². The van der Waals surface area contributed by atoms with Crippen molar-refractivity contribution in [2.45, 2.75) is 32.2 Å². The van der Waals surface area contributed by atoms with Gasteiger partial charge in [0.05, 0.1) is 5.69 Å². The third-order valence-electron chi connectivity index (χ3n) is 4.59. The van der Waals surface area contributed by atoms with Gasteiger partial charge in [-0.25, -0.2) is 0 Å². The fourth-order valence-corrected chi connectivity index (χ4v) is 3.23. The highest BCUT2D eigenvalue weighted by atomic mass is 35.5. The first-order valence-corrected chi connectivity index (χ1v) is 8.85. The van der Waals surface area contributed by atoms with Crippen molar-refractivity contribution in [1.29, 1.82) is 0 Å². The molecule has 6 heteroatoms. The van der Waals surface area contributed by atoms with Crippen LogP contribution in [0.3, 0.4) is 0 Å². The summed E-state index contributed by atoms with van der Waals surface area (Å²) >= 11 is 5.89. The molecule has 24 heavy (non-hydrogen) atoms. The second kappa shape index (κ2) is 7.81. The zero-order valence-electron chi connectivity index (χ0n) is 13.9. The first-order valence-electron chi connectivity index (χ1n) is 8.47. The summed E-state index contributed by atoms with van der Waals surface area (Å²) in [5.41, 5.74) is 2.14. The van der Waals surface area contributed by atoms with Crippen LogP contribution >= 0.6 is 11.6 Å². The molecular weight excluding hydrogens is 324 g/mol. The van der Waals surface area contributed by atoms with Gasteiger partial charge in [0.2, 0.25) is 0 Å². The van der Waals surface area contributed by atoms with Crippen LogP contribution in [-0.4, -0.2) is 46.7 Å². The van der Waals surface area contributed by atoms with E-state index in [0.29, 0.717) is 23.3 Å². The minimum atomic E-state index is -0.118. The molecule has 2 N–H and O–H groups in total. The lowest BCUT2D eigenvalue weighted by Gasteiger charge is -2.33. The lowest BCUT2D eigenvalue weighted by atomic mass is 10.0. The Morgan fingerprint density at radius 3 is 2.92 bits per heavy atom. The summed E-state index contributed by atoms with van der Waals surface area (Å²) in [4.78, 5) is 14.7. The van der Waals surface area contributed by atoms with Crippen LogP contribution in [0.2, 0.25) is 5.02 Å². The fourth-order valence-electron chi connectivity index (χ4n) is 3.10. The molecule has 0 bridgehead atoms. The maximum atomic E-state index is 12.2. The average molecular weight is 347 g/mol. The van der Waals surface area contributed by atoms with E-state index >= 15 is 0 Å². The van der Waals surface area contributed by atoms with E-state index in [4.69, 9.17) is 11.6 Å². The Kier molecular flexibility index (Phi) is 5.53. The van der Waals surface area contributed by atoms with Gasteiger partial charge in [0.25, 0.3) is 5.91 Å². The molecule has 3 rings (SSSR count). The van der Waals surface area contributed by atoms with Crippen molar-refractivity contribution in [2.75, 3.05) is 19.6 Å². The Balaban J connectivity index is 1.53. The van der Waals surface area contributed by atoms with E-state index in [2.05, 4.69) is 27.3 Å². The highest BCUT2D eigenvalue weighted by molar-refractivity contribution is 6.30. The molecule has 2 aromatic rings. The zero-order chi connectivity index (χ0) is 16.9. The molecule has 1 unspecified atom stereocenters. The molecule has 1 amide bonds. The number of nitrogens with one attached hydrogen (secondary N) is 2. The van der Waals surface area contributed by atoms with Crippen molar-refractivity contribution < 1.29 is 4.79 Å². The predicted octanol–water partition coefficient (Wildman–Crippen LogP) is 3.33. The summed E-state index contributed by atoms with van der Waals surface area (Å²) in [5, 5.41) is 10.7. The van der Waals surface area contributed by atoms with Gasteiger partial charge in [0.15, 0.2) is 0 Å². The largest absolute Gasteiger partial charge is 0.349 e. The number of hydrogen-bond acceptors (Lipinski definition) is 3. The summed E-state index contributed by atoms with van der Waals surface area (Å²) < 4.78 is 0. The van der Waals surface area contributed by atoms with Gasteiger partial charge in [0.1, 0.15) is 5.69 Å². The molecule has 5 nitrogen and oxygen atoms in total. The van der Waals surface area contributed by atoms with E-state index in [1.54, 1.807) is 6.07 Å². The summed E-state index contributed by atoms with van der Waals surface area (Å²) in [7, 11) is 0. The number of amides is 1. The smallest absolute Gasteiger partial charge is 0.269 e. The average Bonchev–Trinajstić information content (AvgIpc) is 3.07. The third kappa shape index (κ3) is 4.16. The maximum absolute atomic E-state index is 12.2. The number of aromatic amines is 1. The van der Waals surface area contributed by atoms with E-state index in [0.717, 1.165) is 24.3 Å². The summed E-state index contributed by atoms with van der Waals surface area (Å²) in [6.07, 6.45) is 3.81. The Hall–Kier alpha value is -1.85. The highest BCUT2D eigenvalue weighted by Crippen LogP contribution is 2.20. The number of rotatable bonds is 5. The molecule has 1 aromatic carbocycles. The van der Waals surface area contributed by atoms with Crippen LogP contribution in [0.5, 0.6) is 0 Å². The standard InChI is InChI=1S/C18H23ClN4O/c1-13-4-2-3-10-23(13)11-9-20-18(24)17-12-16(21-22-17)14-5-7-15(19)8-6-14/h5-8,12-13H,2-4,9-11H2,1H3,(H,20,24)(H,21,22). The minimum absolute atomic E-state index is 0.118. The number of likely N-dealkylation sites (tertiary alicyclic amines) is 1. The quantitative estimate of drug-likeness (QED) is 0.873. The number of H-pyrrole nitrogens is 1. The molecule has 1 saturated heterocycles. The lowest BCUT2D eigenvalue weighted by Crippen LogP contribution is -2.42. The van der Waals surface area contributed by atoms with Gasteiger partial charge in [-0.15, -0.1) is 0 Å². The number of aromatic nitrogens is 2. The molecule has 1 aromatic heterocycles. The van der Waals surface area contributed by atoms with Gasteiger partial charge in [-0.05, 0) is 44.5 Å². The molecular formula is C18H23ClN4O. The molecule has 1 aliphatic heterocycles. The third-order valence-corrected chi connectivity index (χ3v) is 4.84. The lowest BCUT2D eigenvalue weighted by molar-refractivity contribution is 0.0933. The topological polar surface area (TPSA) is 61.0 Å². The van der Waals surface area contributed by atoms with Gasteiger partial charge >= 0.3 is 0 Å². The Bertz CT molecular complexity index is 683.